The van der Waals surface area contributed by atoms with Crippen LogP contribution < -0.4 is 10.6 Å². The molecule has 3 rings (SSSR count). The number of halogens is 1. The molecule has 0 saturated heterocycles. The van der Waals surface area contributed by atoms with Gasteiger partial charge >= 0.3 is 0 Å². The van der Waals surface area contributed by atoms with Crippen molar-refractivity contribution in [1.29, 1.82) is 0 Å². The van der Waals surface area contributed by atoms with Gasteiger partial charge in [-0.3, -0.25) is 14.4 Å². The molecule has 2 amide bonds. The Morgan fingerprint density at radius 1 is 1.21 bits per heavy atom. The molecule has 24 heavy (non-hydrogen) atoms. The van der Waals surface area contributed by atoms with Crippen LogP contribution in [0.3, 0.4) is 0 Å². The summed E-state index contributed by atoms with van der Waals surface area (Å²) in [4.78, 5) is 37.1. The Bertz CT molecular complexity index is 750. The third-order valence-electron chi connectivity index (χ3n) is 4.38. The number of rotatable bonds is 2. The van der Waals surface area contributed by atoms with Gasteiger partial charge in [0.15, 0.2) is 5.78 Å². The molecule has 6 heteroatoms. The monoisotopic (exact) mass is 330 g/mol. The number of carbonyl (C=O) groups excluding carboxylic acids is 3. The van der Waals surface area contributed by atoms with E-state index in [4.69, 9.17) is 0 Å². The molecule has 2 aliphatic rings. The van der Waals surface area contributed by atoms with Gasteiger partial charge in [0.05, 0.1) is 5.92 Å². The molecule has 0 fully saturated rings. The zero-order valence-corrected chi connectivity index (χ0v) is 13.6. The van der Waals surface area contributed by atoms with Crippen LogP contribution >= 0.6 is 0 Å². The molecule has 1 aromatic rings. The summed E-state index contributed by atoms with van der Waals surface area (Å²) in [6.07, 6.45) is 0.847. The fourth-order valence-corrected chi connectivity index (χ4v) is 3.34. The molecule has 1 aliphatic carbocycles. The number of amides is 2. The molecule has 2 N–H and O–H groups in total. The summed E-state index contributed by atoms with van der Waals surface area (Å²) in [6, 6.07) is 5.36. The molecule has 1 heterocycles. The maximum Gasteiger partial charge on any atom is 0.232 e. The smallest absolute Gasteiger partial charge is 0.232 e. The highest BCUT2D eigenvalue weighted by molar-refractivity contribution is 6.09. The lowest BCUT2D eigenvalue weighted by Gasteiger charge is -2.37. The van der Waals surface area contributed by atoms with Crippen molar-refractivity contribution in [2.24, 2.45) is 11.3 Å². The lowest BCUT2D eigenvalue weighted by Crippen LogP contribution is -2.44. The Kier molecular flexibility index (Phi) is 3.99. The highest BCUT2D eigenvalue weighted by atomic mass is 19.1. The second-order valence-electron chi connectivity index (χ2n) is 7.13. The number of Topliss-reactive ketones (excluding diaryl/α,β-unsaturated/α-hetero) is 1. The normalized spacial score (nSPS) is 22.7. The SMILES string of the molecule is CC1(C)CC(=O)C2=C(C1)NC(=O)C[C@H]2C(=O)Nc1ccc(F)cc1. The van der Waals surface area contributed by atoms with E-state index in [9.17, 15) is 18.8 Å². The van der Waals surface area contributed by atoms with Gasteiger partial charge in [-0.1, -0.05) is 13.8 Å². The van der Waals surface area contributed by atoms with Crippen LogP contribution in [0.1, 0.15) is 33.1 Å². The first-order valence-electron chi connectivity index (χ1n) is 7.88. The standard InChI is InChI=1S/C18H19FN2O3/c1-18(2)8-13-16(14(22)9-18)12(7-15(23)21-13)17(24)20-11-5-3-10(19)4-6-11/h3-6,12H,7-9H2,1-2H3,(H,20,24)(H,21,23)/t12-/m1/s1. The Labute approximate surface area is 139 Å². The van der Waals surface area contributed by atoms with Crippen LogP contribution in [0.5, 0.6) is 0 Å². The maximum absolute atomic E-state index is 13.0. The third kappa shape index (κ3) is 3.22. The summed E-state index contributed by atoms with van der Waals surface area (Å²) in [5.74, 6) is -1.99. The first kappa shape index (κ1) is 16.4. The minimum Gasteiger partial charge on any atom is -0.329 e. The summed E-state index contributed by atoms with van der Waals surface area (Å²) >= 11 is 0. The van der Waals surface area contributed by atoms with E-state index in [1.807, 2.05) is 13.8 Å². The average molecular weight is 330 g/mol. The number of nitrogens with one attached hydrogen (secondary N) is 2. The average Bonchev–Trinajstić information content (AvgIpc) is 2.46. The van der Waals surface area contributed by atoms with Gasteiger partial charge in [0.25, 0.3) is 0 Å². The van der Waals surface area contributed by atoms with Crippen molar-refractivity contribution in [2.45, 2.75) is 33.1 Å². The number of ketones is 1. The van der Waals surface area contributed by atoms with Gasteiger partial charge < -0.3 is 10.6 Å². The maximum atomic E-state index is 13.0. The number of allylic oxidation sites excluding steroid dienone is 1. The molecule has 1 aromatic carbocycles. The van der Waals surface area contributed by atoms with E-state index >= 15 is 0 Å². The molecule has 1 atom stereocenters. The molecule has 126 valence electrons. The van der Waals surface area contributed by atoms with Gasteiger partial charge in [-0.15, -0.1) is 0 Å². The summed E-state index contributed by atoms with van der Waals surface area (Å²) in [7, 11) is 0. The van der Waals surface area contributed by atoms with Gasteiger partial charge in [-0.05, 0) is 36.1 Å². The highest BCUT2D eigenvalue weighted by Gasteiger charge is 2.42. The zero-order chi connectivity index (χ0) is 17.5. The number of carbonyl (C=O) groups is 3. The number of benzene rings is 1. The number of anilines is 1. The van der Waals surface area contributed by atoms with E-state index in [1.54, 1.807) is 0 Å². The van der Waals surface area contributed by atoms with Crippen LogP contribution in [-0.2, 0) is 14.4 Å². The van der Waals surface area contributed by atoms with Gasteiger partial charge in [0, 0.05) is 29.8 Å². The zero-order valence-electron chi connectivity index (χ0n) is 13.6. The summed E-state index contributed by atoms with van der Waals surface area (Å²) in [5, 5.41) is 5.41. The van der Waals surface area contributed by atoms with Crippen molar-refractivity contribution in [3.05, 3.63) is 41.4 Å². The fourth-order valence-electron chi connectivity index (χ4n) is 3.34. The first-order chi connectivity index (χ1) is 11.2. The third-order valence-corrected chi connectivity index (χ3v) is 4.38. The van der Waals surface area contributed by atoms with Crippen molar-refractivity contribution in [3.63, 3.8) is 0 Å². The van der Waals surface area contributed by atoms with Crippen molar-refractivity contribution < 1.29 is 18.8 Å². The van der Waals surface area contributed by atoms with Crippen LogP contribution in [0.25, 0.3) is 0 Å². The highest BCUT2D eigenvalue weighted by Crippen LogP contribution is 2.40. The fraction of sp³-hybridized carbons (Fsp3) is 0.389. The molecular formula is C18H19FN2O3. The molecule has 5 nitrogen and oxygen atoms in total. The molecule has 0 spiro atoms. The van der Waals surface area contributed by atoms with Crippen molar-refractivity contribution >= 4 is 23.3 Å². The Morgan fingerprint density at radius 3 is 2.54 bits per heavy atom. The van der Waals surface area contributed by atoms with Gasteiger partial charge in [0.2, 0.25) is 11.8 Å². The van der Waals surface area contributed by atoms with Crippen LogP contribution in [-0.4, -0.2) is 17.6 Å². The van der Waals surface area contributed by atoms with Crippen molar-refractivity contribution in [1.82, 2.24) is 5.32 Å². The van der Waals surface area contributed by atoms with Crippen molar-refractivity contribution in [2.75, 3.05) is 5.32 Å². The van der Waals surface area contributed by atoms with Crippen molar-refractivity contribution in [3.8, 4) is 0 Å². The molecule has 0 bridgehead atoms. The number of hydrogen-bond acceptors (Lipinski definition) is 3. The van der Waals surface area contributed by atoms with Crippen LogP contribution in [0.15, 0.2) is 35.5 Å². The largest absolute Gasteiger partial charge is 0.329 e. The van der Waals surface area contributed by atoms with E-state index < -0.39 is 17.6 Å². The Morgan fingerprint density at radius 2 is 1.88 bits per heavy atom. The second-order valence-corrected chi connectivity index (χ2v) is 7.13. The minimum atomic E-state index is -0.803. The van der Waals surface area contributed by atoms with E-state index in [1.165, 1.54) is 24.3 Å². The van der Waals surface area contributed by atoms with Crippen LogP contribution in [0.2, 0.25) is 0 Å². The molecule has 0 aromatic heterocycles. The summed E-state index contributed by atoms with van der Waals surface area (Å²) < 4.78 is 13.0. The molecule has 0 saturated carbocycles. The van der Waals surface area contributed by atoms with E-state index in [2.05, 4.69) is 10.6 Å². The molecule has 0 unspecified atom stereocenters. The van der Waals surface area contributed by atoms with Crippen LogP contribution in [0, 0.1) is 17.2 Å². The minimum absolute atomic E-state index is 0.0575. The van der Waals surface area contributed by atoms with Gasteiger partial charge in [-0.25, -0.2) is 4.39 Å². The van der Waals surface area contributed by atoms with E-state index in [0.29, 0.717) is 29.8 Å². The molecule has 0 radical (unpaired) electrons. The van der Waals surface area contributed by atoms with Gasteiger partial charge in [-0.2, -0.15) is 0 Å². The van der Waals surface area contributed by atoms with E-state index in [-0.39, 0.29) is 23.5 Å². The first-order valence-corrected chi connectivity index (χ1v) is 7.88. The van der Waals surface area contributed by atoms with Crippen LogP contribution in [0.4, 0.5) is 10.1 Å². The second kappa shape index (κ2) is 5.85. The van der Waals surface area contributed by atoms with Gasteiger partial charge in [0.1, 0.15) is 5.82 Å². The lowest BCUT2D eigenvalue weighted by molar-refractivity contribution is -0.129. The topological polar surface area (TPSA) is 75.3 Å². The Hall–Kier alpha value is -2.50. The quantitative estimate of drug-likeness (QED) is 0.875. The predicted molar refractivity (Wildman–Crippen MR) is 86.3 cm³/mol. The summed E-state index contributed by atoms with van der Waals surface area (Å²) in [5.41, 5.74) is 1.16. The predicted octanol–water partition coefficient (Wildman–Crippen LogP) is 2.54. The van der Waals surface area contributed by atoms with E-state index in [0.717, 1.165) is 0 Å². The molecular weight excluding hydrogens is 311 g/mol. The number of hydrogen-bond donors (Lipinski definition) is 2. The summed E-state index contributed by atoms with van der Waals surface area (Å²) in [6.45, 7) is 3.92. The Balaban J connectivity index is 1.88. The lowest BCUT2D eigenvalue weighted by atomic mass is 9.71. The molecule has 1 aliphatic heterocycles.